The fourth-order valence-electron chi connectivity index (χ4n) is 3.99. The lowest BCUT2D eigenvalue weighted by Gasteiger charge is -2.36. The number of thiol groups is 1. The molecule has 3 aromatic carbocycles. The molecule has 0 bridgehead atoms. The van der Waals surface area contributed by atoms with Crippen LogP contribution in [-0.2, 0) is 15.0 Å². The van der Waals surface area contributed by atoms with Crippen LogP contribution < -0.4 is 0 Å². The minimum atomic E-state index is -1.67. The van der Waals surface area contributed by atoms with E-state index in [2.05, 4.69) is 17.6 Å². The minimum absolute atomic E-state index is 0.435. The number of nitrogens with zero attached hydrogens (tertiary/aromatic N) is 1. The number of fused-ring (bicyclic) bond motifs is 1. The molecule has 1 aromatic heterocycles. The Balaban J connectivity index is 2.07. The molecule has 0 aliphatic rings. The lowest BCUT2D eigenvalue weighted by atomic mass is 9.66. The minimum Gasteiger partial charge on any atom is -0.480 e. The molecular formula is C25H21NO3S2. The highest BCUT2D eigenvalue weighted by atomic mass is 32.1. The van der Waals surface area contributed by atoms with Crippen LogP contribution in [0.25, 0.3) is 10.2 Å². The average Bonchev–Trinajstić information content (AvgIpc) is 3.16. The van der Waals surface area contributed by atoms with E-state index in [1.54, 1.807) is 24.3 Å². The highest BCUT2D eigenvalue weighted by Crippen LogP contribution is 2.48. The number of aryl methyl sites for hydroxylation is 2. The fraction of sp³-hybridized carbons (Fsp3) is 0.160. The first-order valence-corrected chi connectivity index (χ1v) is 11.1. The van der Waals surface area contributed by atoms with Gasteiger partial charge in [-0.3, -0.25) is 9.59 Å². The Morgan fingerprint density at radius 1 is 0.903 bits per heavy atom. The predicted octanol–water partition coefficient (Wildman–Crippen LogP) is 5.52. The van der Waals surface area contributed by atoms with E-state index in [0.29, 0.717) is 16.1 Å². The molecule has 1 N–H and O–H groups in total. The lowest BCUT2D eigenvalue weighted by molar-refractivity contribution is -0.144. The number of para-hydroxylation sites is 1. The number of carboxylic acid groups (broad SMARTS) is 1. The molecule has 0 aliphatic heterocycles. The average molecular weight is 448 g/mol. The van der Waals surface area contributed by atoms with Crippen molar-refractivity contribution in [2.24, 2.45) is 0 Å². The zero-order chi connectivity index (χ0) is 22.2. The van der Waals surface area contributed by atoms with Crippen LogP contribution in [-0.4, -0.2) is 21.2 Å². The van der Waals surface area contributed by atoms with Crippen LogP contribution in [0.2, 0.25) is 0 Å². The van der Waals surface area contributed by atoms with Crippen molar-refractivity contribution in [1.82, 2.24) is 4.98 Å². The van der Waals surface area contributed by atoms with Crippen molar-refractivity contribution < 1.29 is 14.7 Å². The Kier molecular flexibility index (Phi) is 5.69. The quantitative estimate of drug-likeness (QED) is 0.382. The molecule has 1 heterocycles. The third-order valence-corrected chi connectivity index (χ3v) is 6.95. The molecule has 0 radical (unpaired) electrons. The monoisotopic (exact) mass is 447 g/mol. The number of thiazole rings is 1. The molecular weight excluding hydrogens is 426 g/mol. The number of hydrogen-bond acceptors (Lipinski definition) is 4. The first kappa shape index (κ1) is 21.3. The van der Waals surface area contributed by atoms with E-state index in [-0.39, 0.29) is 0 Å². The molecule has 1 unspecified atom stereocenters. The zero-order valence-electron chi connectivity index (χ0n) is 17.1. The van der Waals surface area contributed by atoms with Crippen LogP contribution in [0.3, 0.4) is 0 Å². The van der Waals surface area contributed by atoms with E-state index in [0.717, 1.165) is 21.3 Å². The van der Waals surface area contributed by atoms with Crippen LogP contribution in [0.5, 0.6) is 0 Å². The standard InChI is InChI=1S/C25H21NO3S2/c1-15-7-11-17(12-8-15)25(24(28)29,18-13-9-16(2)10-14-18)21(23(27)30)22-26-19-5-3-4-6-20(19)31-22/h3-14,21H,1-2H3,(H,27,30)(H,28,29). The van der Waals surface area contributed by atoms with Gasteiger partial charge in [-0.1, -0.05) is 71.8 Å². The molecule has 156 valence electrons. The van der Waals surface area contributed by atoms with Crippen LogP contribution in [0, 0.1) is 13.8 Å². The van der Waals surface area contributed by atoms with Gasteiger partial charge in [0.05, 0.1) is 10.2 Å². The van der Waals surface area contributed by atoms with Crippen molar-refractivity contribution in [2.45, 2.75) is 25.2 Å². The maximum atomic E-state index is 13.1. The summed E-state index contributed by atoms with van der Waals surface area (Å²) in [5, 5.41) is 10.6. The molecule has 1 atom stereocenters. The van der Waals surface area contributed by atoms with Crippen molar-refractivity contribution in [1.29, 1.82) is 0 Å². The van der Waals surface area contributed by atoms with Gasteiger partial charge in [0, 0.05) is 0 Å². The molecule has 0 saturated heterocycles. The summed E-state index contributed by atoms with van der Waals surface area (Å²) in [6, 6.07) is 22.1. The Bertz CT molecular complexity index is 1180. The molecule has 4 aromatic rings. The number of hydrogen-bond donors (Lipinski definition) is 2. The van der Waals surface area contributed by atoms with Crippen molar-refractivity contribution in [2.75, 3.05) is 0 Å². The Morgan fingerprint density at radius 2 is 1.42 bits per heavy atom. The number of carboxylic acids is 1. The normalized spacial score (nSPS) is 12.6. The van der Waals surface area contributed by atoms with Gasteiger partial charge in [0.2, 0.25) is 0 Å². The maximum absolute atomic E-state index is 13.1. The van der Waals surface area contributed by atoms with Crippen molar-refractivity contribution in [3.05, 3.63) is 100 Å². The van der Waals surface area contributed by atoms with Gasteiger partial charge < -0.3 is 5.11 Å². The summed E-state index contributed by atoms with van der Waals surface area (Å²) < 4.78 is 0.893. The first-order chi connectivity index (χ1) is 14.8. The van der Waals surface area contributed by atoms with Gasteiger partial charge in [-0.15, -0.1) is 24.0 Å². The summed E-state index contributed by atoms with van der Waals surface area (Å²) in [5.41, 5.74) is 2.09. The van der Waals surface area contributed by atoms with E-state index in [9.17, 15) is 14.7 Å². The number of rotatable bonds is 6. The fourth-order valence-corrected chi connectivity index (χ4v) is 5.53. The number of aromatic nitrogens is 1. The zero-order valence-corrected chi connectivity index (χ0v) is 18.8. The van der Waals surface area contributed by atoms with Crippen molar-refractivity contribution in [3.8, 4) is 0 Å². The number of benzene rings is 3. The molecule has 0 saturated carbocycles. The van der Waals surface area contributed by atoms with Gasteiger partial charge in [0.25, 0.3) is 0 Å². The van der Waals surface area contributed by atoms with Crippen molar-refractivity contribution >= 4 is 45.3 Å². The molecule has 31 heavy (non-hydrogen) atoms. The second kappa shape index (κ2) is 8.29. The summed E-state index contributed by atoms with van der Waals surface area (Å²) in [4.78, 5) is 30.8. The second-order valence-corrected chi connectivity index (χ2v) is 9.14. The largest absolute Gasteiger partial charge is 0.480 e. The van der Waals surface area contributed by atoms with Gasteiger partial charge in [-0.25, -0.2) is 4.98 Å². The third-order valence-electron chi connectivity index (χ3n) is 5.59. The van der Waals surface area contributed by atoms with E-state index >= 15 is 0 Å². The number of carbonyl (C=O) groups is 2. The van der Waals surface area contributed by atoms with E-state index in [4.69, 9.17) is 0 Å². The van der Waals surface area contributed by atoms with Crippen molar-refractivity contribution in [3.63, 3.8) is 0 Å². The maximum Gasteiger partial charge on any atom is 0.319 e. The van der Waals surface area contributed by atoms with Crippen LogP contribution in [0.1, 0.15) is 33.2 Å². The summed E-state index contributed by atoms with van der Waals surface area (Å²) in [6.45, 7) is 3.87. The van der Waals surface area contributed by atoms with Gasteiger partial charge in [0.1, 0.15) is 16.3 Å². The summed E-state index contributed by atoms with van der Waals surface area (Å²) >= 11 is 5.51. The van der Waals surface area contributed by atoms with E-state index in [1.165, 1.54) is 11.3 Å². The molecule has 4 nitrogen and oxygen atoms in total. The Morgan fingerprint density at radius 3 is 1.87 bits per heavy atom. The highest BCUT2D eigenvalue weighted by molar-refractivity contribution is 7.96. The van der Waals surface area contributed by atoms with E-state index in [1.807, 2.05) is 62.4 Å². The molecule has 0 aliphatic carbocycles. The number of aliphatic carboxylic acids is 1. The van der Waals surface area contributed by atoms with Gasteiger partial charge in [-0.2, -0.15) is 0 Å². The molecule has 4 rings (SSSR count). The lowest BCUT2D eigenvalue weighted by Crippen LogP contribution is -2.45. The molecule has 0 amide bonds. The second-order valence-electron chi connectivity index (χ2n) is 7.64. The predicted molar refractivity (Wildman–Crippen MR) is 127 cm³/mol. The van der Waals surface area contributed by atoms with E-state index < -0.39 is 22.4 Å². The molecule has 0 spiro atoms. The highest BCUT2D eigenvalue weighted by Gasteiger charge is 2.53. The first-order valence-electron chi connectivity index (χ1n) is 9.80. The Labute approximate surface area is 190 Å². The SMILES string of the molecule is Cc1ccc(C(C(=O)O)(c2ccc(C)cc2)C(C(=O)S)c2nc3ccccc3s2)cc1. The summed E-state index contributed by atoms with van der Waals surface area (Å²) in [5.74, 6) is -2.22. The number of carbonyl (C=O) groups excluding carboxylic acids is 1. The molecule has 0 fully saturated rings. The van der Waals surface area contributed by atoms with Crippen LogP contribution in [0.15, 0.2) is 72.8 Å². The van der Waals surface area contributed by atoms with Gasteiger partial charge in [-0.05, 0) is 37.1 Å². The van der Waals surface area contributed by atoms with Gasteiger partial charge >= 0.3 is 5.97 Å². The molecule has 6 heteroatoms. The Hall–Kier alpha value is -2.96. The van der Waals surface area contributed by atoms with Crippen LogP contribution >= 0.6 is 24.0 Å². The summed E-state index contributed by atoms with van der Waals surface area (Å²) in [6.07, 6.45) is 0. The smallest absolute Gasteiger partial charge is 0.319 e. The summed E-state index contributed by atoms with van der Waals surface area (Å²) in [7, 11) is 0. The van der Waals surface area contributed by atoms with Crippen LogP contribution in [0.4, 0.5) is 0 Å². The van der Waals surface area contributed by atoms with Gasteiger partial charge in [0.15, 0.2) is 5.12 Å². The topological polar surface area (TPSA) is 67.3 Å². The third kappa shape index (κ3) is 3.66.